The van der Waals surface area contributed by atoms with Crippen LogP contribution in [0.25, 0.3) is 22.3 Å². The highest BCUT2D eigenvalue weighted by atomic mass is 19.1. The van der Waals surface area contributed by atoms with Gasteiger partial charge in [-0.2, -0.15) is 0 Å². The third kappa shape index (κ3) is 3.74. The summed E-state index contributed by atoms with van der Waals surface area (Å²) >= 11 is 0. The van der Waals surface area contributed by atoms with Crippen molar-refractivity contribution in [1.82, 2.24) is 0 Å². The van der Waals surface area contributed by atoms with Crippen molar-refractivity contribution in [3.63, 3.8) is 0 Å². The van der Waals surface area contributed by atoms with Gasteiger partial charge in [0.05, 0.1) is 12.5 Å². The second-order valence-corrected chi connectivity index (χ2v) is 6.28. The lowest BCUT2D eigenvalue weighted by Crippen LogP contribution is -2.01. The molecule has 28 heavy (non-hydrogen) atoms. The van der Waals surface area contributed by atoms with Crippen LogP contribution in [-0.2, 0) is 6.61 Å². The smallest absolute Gasteiger partial charge is 0.193 e. The lowest BCUT2D eigenvalue weighted by atomic mass is 10.1. The summed E-state index contributed by atoms with van der Waals surface area (Å²) in [5, 5.41) is 0.479. The van der Waals surface area contributed by atoms with E-state index in [-0.39, 0.29) is 11.2 Å². The fourth-order valence-corrected chi connectivity index (χ4v) is 2.87. The quantitative estimate of drug-likeness (QED) is 0.481. The Hall–Kier alpha value is -3.60. The Morgan fingerprint density at radius 1 is 0.893 bits per heavy atom. The molecule has 3 aromatic carbocycles. The van der Waals surface area contributed by atoms with E-state index in [1.165, 1.54) is 18.2 Å². The molecule has 5 heteroatoms. The first kappa shape index (κ1) is 17.8. The van der Waals surface area contributed by atoms with E-state index in [9.17, 15) is 9.18 Å². The van der Waals surface area contributed by atoms with Crippen LogP contribution in [0.5, 0.6) is 11.5 Å². The minimum atomic E-state index is -0.299. The third-order valence-corrected chi connectivity index (χ3v) is 4.39. The van der Waals surface area contributed by atoms with Crippen molar-refractivity contribution in [2.75, 3.05) is 7.11 Å². The van der Waals surface area contributed by atoms with Crippen molar-refractivity contribution >= 4 is 11.0 Å². The number of halogens is 1. The van der Waals surface area contributed by atoms with Gasteiger partial charge in [0, 0.05) is 11.6 Å². The number of hydrogen-bond donors (Lipinski definition) is 0. The van der Waals surface area contributed by atoms with E-state index < -0.39 is 0 Å². The van der Waals surface area contributed by atoms with E-state index in [0.717, 1.165) is 11.1 Å². The molecular weight excluding hydrogens is 359 g/mol. The van der Waals surface area contributed by atoms with Gasteiger partial charge in [0.1, 0.15) is 35.3 Å². The molecule has 4 aromatic rings. The Kier molecular flexibility index (Phi) is 4.81. The highest BCUT2D eigenvalue weighted by molar-refractivity contribution is 5.80. The molecule has 4 nitrogen and oxygen atoms in total. The Morgan fingerprint density at radius 2 is 1.61 bits per heavy atom. The lowest BCUT2D eigenvalue weighted by Gasteiger charge is -2.08. The number of ether oxygens (including phenoxy) is 2. The summed E-state index contributed by atoms with van der Waals surface area (Å²) in [4.78, 5) is 12.4. The fraction of sp³-hybridized carbons (Fsp3) is 0.0870. The van der Waals surface area contributed by atoms with Gasteiger partial charge in [0.2, 0.25) is 0 Å². The van der Waals surface area contributed by atoms with Gasteiger partial charge < -0.3 is 13.9 Å². The zero-order valence-electron chi connectivity index (χ0n) is 15.1. The van der Waals surface area contributed by atoms with Gasteiger partial charge in [-0.1, -0.05) is 24.3 Å². The molecule has 0 spiro atoms. The summed E-state index contributed by atoms with van der Waals surface area (Å²) in [6.45, 7) is 0.355. The molecule has 0 unspecified atom stereocenters. The van der Waals surface area contributed by atoms with E-state index in [1.54, 1.807) is 37.4 Å². The SMILES string of the molecule is COc1ccc2oc(-c3ccc(COc4ccc(F)cc4)cc3)cc(=O)c2c1. The first-order valence-corrected chi connectivity index (χ1v) is 8.72. The van der Waals surface area contributed by atoms with Gasteiger partial charge in [0.25, 0.3) is 0 Å². The van der Waals surface area contributed by atoms with E-state index in [4.69, 9.17) is 13.9 Å². The van der Waals surface area contributed by atoms with Crippen LogP contribution in [0.15, 0.2) is 82.0 Å². The van der Waals surface area contributed by atoms with Crippen molar-refractivity contribution in [3.05, 3.63) is 94.4 Å². The van der Waals surface area contributed by atoms with Crippen LogP contribution in [0.2, 0.25) is 0 Å². The molecule has 4 rings (SSSR count). The normalized spacial score (nSPS) is 10.8. The van der Waals surface area contributed by atoms with Crippen LogP contribution >= 0.6 is 0 Å². The molecule has 0 aliphatic rings. The highest BCUT2D eigenvalue weighted by Gasteiger charge is 2.08. The van der Waals surface area contributed by atoms with E-state index >= 15 is 0 Å². The maximum Gasteiger partial charge on any atom is 0.193 e. The molecule has 0 atom stereocenters. The minimum absolute atomic E-state index is 0.126. The molecule has 140 valence electrons. The van der Waals surface area contributed by atoms with Crippen LogP contribution in [0.3, 0.4) is 0 Å². The Morgan fingerprint density at radius 3 is 2.32 bits per heavy atom. The number of rotatable bonds is 5. The van der Waals surface area contributed by atoms with Gasteiger partial charge in [-0.25, -0.2) is 4.39 Å². The topological polar surface area (TPSA) is 48.7 Å². The van der Waals surface area contributed by atoms with Crippen molar-refractivity contribution in [2.45, 2.75) is 6.61 Å². The predicted octanol–water partition coefficient (Wildman–Crippen LogP) is 5.19. The maximum absolute atomic E-state index is 12.9. The molecule has 0 fully saturated rings. The Balaban J connectivity index is 1.54. The molecule has 0 amide bonds. The molecule has 0 saturated heterocycles. The largest absolute Gasteiger partial charge is 0.497 e. The summed E-state index contributed by atoms with van der Waals surface area (Å²) < 4.78 is 29.6. The molecule has 1 heterocycles. The van der Waals surface area contributed by atoms with Gasteiger partial charge in [-0.05, 0) is 48.0 Å². The van der Waals surface area contributed by atoms with Crippen molar-refractivity contribution in [1.29, 1.82) is 0 Å². The van der Waals surface area contributed by atoms with Crippen LogP contribution in [0.1, 0.15) is 5.56 Å². The Labute approximate surface area is 160 Å². The summed E-state index contributed by atoms with van der Waals surface area (Å²) in [7, 11) is 1.55. The van der Waals surface area contributed by atoms with E-state index in [2.05, 4.69) is 0 Å². The zero-order valence-corrected chi connectivity index (χ0v) is 15.1. The van der Waals surface area contributed by atoms with Gasteiger partial charge >= 0.3 is 0 Å². The summed E-state index contributed by atoms with van der Waals surface area (Å²) in [5.74, 6) is 1.40. The van der Waals surface area contributed by atoms with Crippen LogP contribution in [0, 0.1) is 5.82 Å². The van der Waals surface area contributed by atoms with Crippen LogP contribution in [-0.4, -0.2) is 7.11 Å². The van der Waals surface area contributed by atoms with Crippen molar-refractivity contribution in [2.24, 2.45) is 0 Å². The standard InChI is InChI=1S/C23H17FO4/c1-26-19-10-11-22-20(12-19)21(25)13-23(28-22)16-4-2-15(3-5-16)14-27-18-8-6-17(24)7-9-18/h2-13H,14H2,1H3. The summed E-state index contributed by atoms with van der Waals surface area (Å²) in [6.07, 6.45) is 0. The number of methoxy groups -OCH3 is 1. The van der Waals surface area contributed by atoms with Crippen molar-refractivity contribution in [3.8, 4) is 22.8 Å². The second kappa shape index (κ2) is 7.56. The average Bonchev–Trinajstić information content (AvgIpc) is 2.73. The first-order valence-electron chi connectivity index (χ1n) is 8.72. The molecule has 0 radical (unpaired) electrons. The second-order valence-electron chi connectivity index (χ2n) is 6.28. The lowest BCUT2D eigenvalue weighted by molar-refractivity contribution is 0.306. The van der Waals surface area contributed by atoms with Crippen LogP contribution in [0.4, 0.5) is 4.39 Å². The number of hydrogen-bond acceptors (Lipinski definition) is 4. The average molecular weight is 376 g/mol. The minimum Gasteiger partial charge on any atom is -0.497 e. The number of fused-ring (bicyclic) bond motifs is 1. The zero-order chi connectivity index (χ0) is 19.5. The fourth-order valence-electron chi connectivity index (χ4n) is 2.87. The van der Waals surface area contributed by atoms with Crippen molar-refractivity contribution < 1.29 is 18.3 Å². The van der Waals surface area contributed by atoms with Gasteiger partial charge in [0.15, 0.2) is 5.43 Å². The van der Waals surface area contributed by atoms with E-state index in [0.29, 0.717) is 34.8 Å². The molecule has 0 saturated carbocycles. The first-order chi connectivity index (χ1) is 13.6. The summed E-state index contributed by atoms with van der Waals surface area (Å²) in [5.41, 5.74) is 2.12. The molecule has 0 N–H and O–H groups in total. The summed E-state index contributed by atoms with van der Waals surface area (Å²) in [6, 6.07) is 20.1. The molecule has 1 aromatic heterocycles. The van der Waals surface area contributed by atoms with Gasteiger partial charge in [-0.3, -0.25) is 4.79 Å². The Bertz CT molecular complexity index is 1160. The highest BCUT2D eigenvalue weighted by Crippen LogP contribution is 2.25. The molecular formula is C23H17FO4. The molecule has 0 aliphatic heterocycles. The molecule has 0 bridgehead atoms. The number of benzene rings is 3. The molecule has 0 aliphatic carbocycles. The monoisotopic (exact) mass is 376 g/mol. The van der Waals surface area contributed by atoms with Crippen LogP contribution < -0.4 is 14.9 Å². The predicted molar refractivity (Wildman–Crippen MR) is 105 cm³/mol. The van der Waals surface area contributed by atoms with Gasteiger partial charge in [-0.15, -0.1) is 0 Å². The maximum atomic E-state index is 12.9. The van der Waals surface area contributed by atoms with E-state index in [1.807, 2.05) is 24.3 Å². The third-order valence-electron chi connectivity index (χ3n) is 4.39.